The molecule has 0 amide bonds. The molecule has 3 aromatic carbocycles. The molecule has 0 aromatic heterocycles. The molecule has 0 saturated heterocycles. The van der Waals surface area contributed by atoms with Crippen molar-refractivity contribution >= 4 is 23.9 Å². The fourth-order valence-corrected chi connectivity index (χ4v) is 3.92. The Morgan fingerprint density at radius 1 is 0.650 bits per heavy atom. The molecule has 0 atom stereocenters. The van der Waals surface area contributed by atoms with E-state index >= 15 is 0 Å². The fourth-order valence-electron chi connectivity index (χ4n) is 2.02. The van der Waals surface area contributed by atoms with Crippen LogP contribution < -0.4 is 8.92 Å². The van der Waals surface area contributed by atoms with Crippen molar-refractivity contribution in [2.45, 2.75) is 0 Å². The number of rotatable bonds is 3. The van der Waals surface area contributed by atoms with Gasteiger partial charge in [0.1, 0.15) is 0 Å². The van der Waals surface area contributed by atoms with Gasteiger partial charge in [0.2, 0.25) is 0 Å². The molecule has 0 heterocycles. The molecule has 3 rings (SSSR count). The number of benzene rings is 3. The van der Waals surface area contributed by atoms with Crippen LogP contribution in [-0.2, 0) is 0 Å². The molecule has 2 heteroatoms. The molecule has 0 bridgehead atoms. The molecule has 20 heavy (non-hydrogen) atoms. The van der Waals surface area contributed by atoms with Crippen molar-refractivity contribution in [3.63, 3.8) is 0 Å². The van der Waals surface area contributed by atoms with Crippen molar-refractivity contribution in [1.82, 2.24) is 0 Å². The zero-order valence-corrected chi connectivity index (χ0v) is 12.6. The van der Waals surface area contributed by atoms with Crippen LogP contribution in [0.1, 0.15) is 0 Å². The second kappa shape index (κ2) is 5.96. The van der Waals surface area contributed by atoms with Gasteiger partial charge in [0.05, 0.1) is 0 Å². The fraction of sp³-hybridized carbons (Fsp3) is 0. The Bertz CT molecular complexity index is 693. The molecule has 0 radical (unpaired) electrons. The van der Waals surface area contributed by atoms with Crippen LogP contribution in [0.4, 0.5) is 0 Å². The third-order valence-corrected chi connectivity index (χ3v) is 5.25. The summed E-state index contributed by atoms with van der Waals surface area (Å²) in [5.74, 6) is 0.383. The zero-order valence-electron chi connectivity index (χ0n) is 10.9. The van der Waals surface area contributed by atoms with E-state index in [1.807, 2.05) is 42.5 Å². The molecular weight excluding hydrogens is 311 g/mol. The van der Waals surface area contributed by atoms with Crippen LogP contribution in [-0.4, -0.2) is 20.1 Å². The summed E-state index contributed by atoms with van der Waals surface area (Å²) in [6.07, 6.45) is 0. The predicted octanol–water partition coefficient (Wildman–Crippen LogP) is 2.71. The quantitative estimate of drug-likeness (QED) is 0.734. The minimum atomic E-state index is 0.121. The van der Waals surface area contributed by atoms with Gasteiger partial charge in [-0.25, -0.2) is 0 Å². The topological polar surface area (TPSA) is 20.2 Å². The van der Waals surface area contributed by atoms with Crippen LogP contribution in [0.2, 0.25) is 0 Å². The summed E-state index contributed by atoms with van der Waals surface area (Å²) in [5, 5.41) is 10.1. The van der Waals surface area contributed by atoms with Gasteiger partial charge in [-0.3, -0.25) is 0 Å². The van der Waals surface area contributed by atoms with Crippen LogP contribution in [0.5, 0.6) is 5.75 Å². The molecule has 0 aliphatic heterocycles. The van der Waals surface area contributed by atoms with Gasteiger partial charge in [-0.05, 0) is 0 Å². The van der Waals surface area contributed by atoms with Gasteiger partial charge < -0.3 is 0 Å². The standard InChI is InChI=1S/C18H14OSe/c19-17-12-11-15(14-7-3-1-4-8-14)13-18(17)20-16-9-5-2-6-10-16/h1-13,19H. The third kappa shape index (κ3) is 2.93. The number of hydrogen-bond acceptors (Lipinski definition) is 1. The van der Waals surface area contributed by atoms with E-state index < -0.39 is 0 Å². The summed E-state index contributed by atoms with van der Waals surface area (Å²) in [6, 6.07) is 26.4. The SMILES string of the molecule is Oc1ccc(-c2ccccc2)cc1[Se]c1ccccc1. The average molecular weight is 325 g/mol. The van der Waals surface area contributed by atoms with Crippen molar-refractivity contribution < 1.29 is 5.11 Å². The zero-order chi connectivity index (χ0) is 13.8. The predicted molar refractivity (Wildman–Crippen MR) is 85.0 cm³/mol. The molecule has 0 saturated carbocycles. The molecular formula is C18H14OSe. The van der Waals surface area contributed by atoms with Gasteiger partial charge in [-0.1, -0.05) is 0 Å². The first-order chi connectivity index (χ1) is 9.83. The Morgan fingerprint density at radius 2 is 1.30 bits per heavy atom. The summed E-state index contributed by atoms with van der Waals surface area (Å²) in [4.78, 5) is 0. The van der Waals surface area contributed by atoms with E-state index in [1.165, 1.54) is 10.0 Å². The number of phenolic OH excluding ortho intramolecular Hbond substituents is 1. The molecule has 1 N–H and O–H groups in total. The van der Waals surface area contributed by atoms with E-state index in [2.05, 4.69) is 30.3 Å². The van der Waals surface area contributed by atoms with Crippen molar-refractivity contribution in [3.8, 4) is 16.9 Å². The van der Waals surface area contributed by atoms with Crippen molar-refractivity contribution in [2.24, 2.45) is 0 Å². The van der Waals surface area contributed by atoms with E-state index in [-0.39, 0.29) is 15.0 Å². The van der Waals surface area contributed by atoms with Gasteiger partial charge in [0.15, 0.2) is 0 Å². The van der Waals surface area contributed by atoms with E-state index in [0.29, 0.717) is 5.75 Å². The van der Waals surface area contributed by atoms with Crippen LogP contribution in [0.25, 0.3) is 11.1 Å². The van der Waals surface area contributed by atoms with Crippen molar-refractivity contribution in [1.29, 1.82) is 0 Å². The third-order valence-electron chi connectivity index (χ3n) is 3.04. The van der Waals surface area contributed by atoms with Gasteiger partial charge in [-0.15, -0.1) is 0 Å². The molecule has 0 fully saturated rings. The summed E-state index contributed by atoms with van der Waals surface area (Å²) in [6.45, 7) is 0. The number of aromatic hydroxyl groups is 1. The van der Waals surface area contributed by atoms with Gasteiger partial charge in [0.25, 0.3) is 0 Å². The van der Waals surface area contributed by atoms with Crippen molar-refractivity contribution in [3.05, 3.63) is 78.9 Å². The number of phenols is 1. The van der Waals surface area contributed by atoms with Gasteiger partial charge >= 0.3 is 125 Å². The van der Waals surface area contributed by atoms with Crippen LogP contribution in [0.3, 0.4) is 0 Å². The Balaban J connectivity index is 1.95. The summed E-state index contributed by atoms with van der Waals surface area (Å²) >= 11 is 0.121. The monoisotopic (exact) mass is 326 g/mol. The van der Waals surface area contributed by atoms with Crippen LogP contribution in [0.15, 0.2) is 78.9 Å². The minimum absolute atomic E-state index is 0.121. The molecule has 1 nitrogen and oxygen atoms in total. The summed E-state index contributed by atoms with van der Waals surface area (Å²) in [5.41, 5.74) is 2.33. The number of hydrogen-bond donors (Lipinski definition) is 1. The first-order valence-electron chi connectivity index (χ1n) is 6.44. The molecule has 0 aliphatic rings. The molecule has 0 aliphatic carbocycles. The van der Waals surface area contributed by atoms with Gasteiger partial charge in [-0.2, -0.15) is 0 Å². The second-order valence-corrected chi connectivity index (χ2v) is 6.80. The Morgan fingerprint density at radius 3 is 2.00 bits per heavy atom. The maximum absolute atomic E-state index is 10.1. The van der Waals surface area contributed by atoms with E-state index in [0.717, 1.165) is 10.0 Å². The first-order valence-corrected chi connectivity index (χ1v) is 8.15. The Kier molecular flexibility index (Phi) is 3.87. The Labute approximate surface area is 125 Å². The first kappa shape index (κ1) is 13.0. The molecule has 0 unspecified atom stereocenters. The van der Waals surface area contributed by atoms with E-state index in [9.17, 15) is 5.11 Å². The Hall–Kier alpha value is -2.02. The normalized spacial score (nSPS) is 10.4. The van der Waals surface area contributed by atoms with E-state index in [4.69, 9.17) is 0 Å². The average Bonchev–Trinajstić information content (AvgIpc) is 2.51. The molecule has 98 valence electrons. The van der Waals surface area contributed by atoms with Crippen LogP contribution >= 0.6 is 0 Å². The van der Waals surface area contributed by atoms with E-state index in [1.54, 1.807) is 6.07 Å². The maximum atomic E-state index is 10.1. The summed E-state index contributed by atoms with van der Waals surface area (Å²) in [7, 11) is 0. The van der Waals surface area contributed by atoms with Crippen LogP contribution in [0, 0.1) is 0 Å². The van der Waals surface area contributed by atoms with Gasteiger partial charge in [0, 0.05) is 0 Å². The second-order valence-electron chi connectivity index (χ2n) is 4.46. The van der Waals surface area contributed by atoms with Crippen molar-refractivity contribution in [2.75, 3.05) is 0 Å². The summed E-state index contributed by atoms with van der Waals surface area (Å²) < 4.78 is 2.28. The molecule has 3 aromatic rings. The molecule has 0 spiro atoms.